The van der Waals surface area contributed by atoms with Crippen molar-refractivity contribution in [2.45, 2.75) is 30.7 Å². The quantitative estimate of drug-likeness (QED) is 0.858. The first kappa shape index (κ1) is 18.0. The van der Waals surface area contributed by atoms with Gasteiger partial charge in [0.25, 0.3) is 0 Å². The predicted molar refractivity (Wildman–Crippen MR) is 96.3 cm³/mol. The van der Waals surface area contributed by atoms with E-state index in [0.717, 1.165) is 49.2 Å². The van der Waals surface area contributed by atoms with Crippen LogP contribution in [0.5, 0.6) is 0 Å². The average Bonchev–Trinajstić information content (AvgIpc) is 3.11. The van der Waals surface area contributed by atoms with Gasteiger partial charge in [0, 0.05) is 12.6 Å². The second-order valence-corrected chi connectivity index (χ2v) is 8.19. The van der Waals surface area contributed by atoms with Crippen LogP contribution in [-0.2, 0) is 10.0 Å². The molecule has 1 aliphatic rings. The topological polar surface area (TPSA) is 49.4 Å². The molecule has 0 aliphatic carbocycles. The van der Waals surface area contributed by atoms with Crippen molar-refractivity contribution in [3.05, 3.63) is 65.5 Å². The molecule has 1 fully saturated rings. The SMILES string of the molecule is Cc1ccccc1C(CNS(=O)(=O)c1ccc(F)cc1)N1CCCC1. The smallest absolute Gasteiger partial charge is 0.240 e. The van der Waals surface area contributed by atoms with Crippen LogP contribution in [0.1, 0.15) is 30.0 Å². The minimum absolute atomic E-state index is 0.000997. The van der Waals surface area contributed by atoms with E-state index in [9.17, 15) is 12.8 Å². The highest BCUT2D eigenvalue weighted by Crippen LogP contribution is 2.27. The Bertz CT molecular complexity index is 816. The van der Waals surface area contributed by atoms with Gasteiger partial charge in [-0.25, -0.2) is 17.5 Å². The fourth-order valence-corrected chi connectivity index (χ4v) is 4.37. The van der Waals surface area contributed by atoms with Gasteiger partial charge in [-0.15, -0.1) is 0 Å². The lowest BCUT2D eigenvalue weighted by Gasteiger charge is -2.29. The highest BCUT2D eigenvalue weighted by molar-refractivity contribution is 7.89. The maximum absolute atomic E-state index is 13.0. The summed E-state index contributed by atoms with van der Waals surface area (Å²) in [6.07, 6.45) is 2.26. The van der Waals surface area contributed by atoms with Crippen LogP contribution in [0.4, 0.5) is 4.39 Å². The summed E-state index contributed by atoms with van der Waals surface area (Å²) in [4.78, 5) is 2.41. The Labute approximate surface area is 148 Å². The lowest BCUT2D eigenvalue weighted by molar-refractivity contribution is 0.246. The number of nitrogens with one attached hydrogen (secondary N) is 1. The zero-order valence-electron chi connectivity index (χ0n) is 14.3. The monoisotopic (exact) mass is 362 g/mol. The van der Waals surface area contributed by atoms with Crippen molar-refractivity contribution in [1.82, 2.24) is 9.62 Å². The lowest BCUT2D eigenvalue weighted by Crippen LogP contribution is -2.37. The maximum Gasteiger partial charge on any atom is 0.240 e. The fourth-order valence-electron chi connectivity index (χ4n) is 3.34. The van der Waals surface area contributed by atoms with Crippen molar-refractivity contribution in [2.24, 2.45) is 0 Å². The Hall–Kier alpha value is -1.76. The van der Waals surface area contributed by atoms with E-state index in [0.29, 0.717) is 6.54 Å². The minimum Gasteiger partial charge on any atom is -0.295 e. The first-order valence-electron chi connectivity index (χ1n) is 8.52. The van der Waals surface area contributed by atoms with Crippen LogP contribution in [0.2, 0.25) is 0 Å². The summed E-state index contributed by atoms with van der Waals surface area (Å²) in [5.74, 6) is -0.450. The molecule has 2 aromatic rings. The van der Waals surface area contributed by atoms with E-state index in [-0.39, 0.29) is 10.9 Å². The summed E-state index contributed by atoms with van der Waals surface area (Å²) < 4.78 is 40.8. The molecule has 0 saturated carbocycles. The summed E-state index contributed by atoms with van der Waals surface area (Å²) in [5, 5.41) is 0. The van der Waals surface area contributed by atoms with Gasteiger partial charge in [-0.05, 0) is 68.2 Å². The van der Waals surface area contributed by atoms with Crippen LogP contribution in [0, 0.1) is 12.7 Å². The Morgan fingerprint density at radius 2 is 1.72 bits per heavy atom. The van der Waals surface area contributed by atoms with Crippen molar-refractivity contribution < 1.29 is 12.8 Å². The van der Waals surface area contributed by atoms with Gasteiger partial charge in [-0.1, -0.05) is 24.3 Å². The highest BCUT2D eigenvalue weighted by atomic mass is 32.2. The Morgan fingerprint density at radius 3 is 2.36 bits per heavy atom. The zero-order chi connectivity index (χ0) is 17.9. The average molecular weight is 362 g/mol. The number of hydrogen-bond donors (Lipinski definition) is 1. The third-order valence-corrected chi connectivity index (χ3v) is 6.16. The van der Waals surface area contributed by atoms with Gasteiger partial charge in [0.1, 0.15) is 5.82 Å². The molecule has 0 radical (unpaired) electrons. The second-order valence-electron chi connectivity index (χ2n) is 6.42. The second kappa shape index (κ2) is 7.64. The van der Waals surface area contributed by atoms with Crippen molar-refractivity contribution in [2.75, 3.05) is 19.6 Å². The minimum atomic E-state index is -3.67. The molecule has 0 bridgehead atoms. The summed E-state index contributed by atoms with van der Waals surface area (Å²) in [6, 6.07) is 13.0. The number of sulfonamides is 1. The normalized spacial score (nSPS) is 16.9. The summed E-state index contributed by atoms with van der Waals surface area (Å²) in [6.45, 7) is 4.28. The van der Waals surface area contributed by atoms with E-state index < -0.39 is 15.8 Å². The Balaban J connectivity index is 1.81. The van der Waals surface area contributed by atoms with E-state index in [4.69, 9.17) is 0 Å². The van der Waals surface area contributed by atoms with Crippen molar-refractivity contribution in [1.29, 1.82) is 0 Å². The predicted octanol–water partition coefficient (Wildman–Crippen LogP) is 3.25. The van der Waals surface area contributed by atoms with Crippen molar-refractivity contribution in [3.63, 3.8) is 0 Å². The van der Waals surface area contributed by atoms with Gasteiger partial charge < -0.3 is 0 Å². The van der Waals surface area contributed by atoms with E-state index in [1.807, 2.05) is 25.1 Å². The van der Waals surface area contributed by atoms with E-state index in [1.54, 1.807) is 0 Å². The molecule has 1 N–H and O–H groups in total. The first-order chi connectivity index (χ1) is 12.0. The van der Waals surface area contributed by atoms with Crippen LogP contribution >= 0.6 is 0 Å². The molecule has 134 valence electrons. The van der Waals surface area contributed by atoms with Crippen LogP contribution < -0.4 is 4.72 Å². The molecular weight excluding hydrogens is 339 g/mol. The van der Waals surface area contributed by atoms with Gasteiger partial charge in [-0.3, -0.25) is 4.90 Å². The van der Waals surface area contributed by atoms with Gasteiger partial charge in [0.15, 0.2) is 0 Å². The van der Waals surface area contributed by atoms with Gasteiger partial charge in [0.2, 0.25) is 10.0 Å². The molecular formula is C19H23FN2O2S. The molecule has 1 atom stereocenters. The highest BCUT2D eigenvalue weighted by Gasteiger charge is 2.26. The molecule has 1 heterocycles. The number of nitrogens with zero attached hydrogens (tertiary/aromatic N) is 1. The zero-order valence-corrected chi connectivity index (χ0v) is 15.1. The molecule has 0 amide bonds. The van der Waals surface area contributed by atoms with Crippen LogP contribution in [-0.4, -0.2) is 33.0 Å². The molecule has 1 aliphatic heterocycles. The van der Waals surface area contributed by atoms with Crippen molar-refractivity contribution in [3.8, 4) is 0 Å². The lowest BCUT2D eigenvalue weighted by atomic mass is 10.0. The molecule has 25 heavy (non-hydrogen) atoms. The standard InChI is InChI=1S/C19H23FN2O2S/c1-15-6-2-3-7-18(15)19(22-12-4-5-13-22)14-21-25(23,24)17-10-8-16(20)9-11-17/h2-3,6-11,19,21H,4-5,12-14H2,1H3. The number of benzene rings is 2. The number of hydrogen-bond acceptors (Lipinski definition) is 3. The third kappa shape index (κ3) is 4.26. The largest absolute Gasteiger partial charge is 0.295 e. The number of halogens is 1. The number of rotatable bonds is 6. The Morgan fingerprint density at radius 1 is 1.08 bits per heavy atom. The van der Waals surface area contributed by atoms with Crippen LogP contribution in [0.25, 0.3) is 0 Å². The van der Waals surface area contributed by atoms with Gasteiger partial charge >= 0.3 is 0 Å². The summed E-state index contributed by atoms with van der Waals surface area (Å²) >= 11 is 0. The molecule has 0 aromatic heterocycles. The number of likely N-dealkylation sites (tertiary alicyclic amines) is 1. The van der Waals surface area contributed by atoms with E-state index >= 15 is 0 Å². The Kier molecular flexibility index (Phi) is 5.51. The fraction of sp³-hybridized carbons (Fsp3) is 0.368. The maximum atomic E-state index is 13.0. The van der Waals surface area contributed by atoms with Crippen molar-refractivity contribution >= 4 is 10.0 Å². The molecule has 2 aromatic carbocycles. The molecule has 0 spiro atoms. The van der Waals surface area contributed by atoms with E-state index in [1.165, 1.54) is 12.1 Å². The van der Waals surface area contributed by atoms with Crippen LogP contribution in [0.3, 0.4) is 0 Å². The van der Waals surface area contributed by atoms with Gasteiger partial charge in [-0.2, -0.15) is 0 Å². The number of aryl methyl sites for hydroxylation is 1. The molecule has 1 saturated heterocycles. The van der Waals surface area contributed by atoms with Crippen LogP contribution in [0.15, 0.2) is 53.4 Å². The summed E-state index contributed by atoms with van der Waals surface area (Å²) in [5.41, 5.74) is 2.30. The third-order valence-electron chi connectivity index (χ3n) is 4.72. The molecule has 6 heteroatoms. The molecule has 4 nitrogen and oxygen atoms in total. The van der Waals surface area contributed by atoms with Gasteiger partial charge in [0.05, 0.1) is 4.90 Å². The first-order valence-corrected chi connectivity index (χ1v) is 10.0. The molecule has 1 unspecified atom stereocenters. The molecule has 3 rings (SSSR count). The summed E-state index contributed by atoms with van der Waals surface area (Å²) in [7, 11) is -3.67. The van der Waals surface area contributed by atoms with E-state index in [2.05, 4.69) is 15.7 Å².